The summed E-state index contributed by atoms with van der Waals surface area (Å²) in [7, 11) is 1.70. The summed E-state index contributed by atoms with van der Waals surface area (Å²) in [5.74, 6) is -0.0999. The molecule has 1 aliphatic carbocycles. The zero-order chi connectivity index (χ0) is 14.0. The van der Waals surface area contributed by atoms with Crippen LogP contribution in [-0.2, 0) is 4.74 Å². The Labute approximate surface area is 113 Å². The molecule has 0 spiro atoms. The van der Waals surface area contributed by atoms with Crippen LogP contribution in [0.25, 0.3) is 0 Å². The fourth-order valence-corrected chi connectivity index (χ4v) is 2.47. The maximum atomic E-state index is 12.1. The Morgan fingerprint density at radius 1 is 1.42 bits per heavy atom. The summed E-state index contributed by atoms with van der Waals surface area (Å²) >= 11 is 0. The van der Waals surface area contributed by atoms with Crippen LogP contribution in [0.5, 0.6) is 0 Å². The summed E-state index contributed by atoms with van der Waals surface area (Å²) in [4.78, 5) is 12.1. The number of nitrogens with one attached hydrogen (secondary N) is 1. The monoisotopic (exact) mass is 258 g/mol. The molecule has 1 amide bonds. The molecule has 0 radical (unpaired) electrons. The quantitative estimate of drug-likeness (QED) is 0.903. The Bertz CT molecular complexity index is 514. The minimum Gasteiger partial charge on any atom is -0.381 e. The Kier molecular flexibility index (Phi) is 3.59. The van der Waals surface area contributed by atoms with Gasteiger partial charge in [-0.15, -0.1) is 0 Å². The molecule has 100 valence electrons. The van der Waals surface area contributed by atoms with E-state index in [1.54, 1.807) is 31.4 Å². The number of hydrogen-bond donors (Lipinski definition) is 1. The van der Waals surface area contributed by atoms with Gasteiger partial charge in [0.1, 0.15) is 0 Å². The van der Waals surface area contributed by atoms with E-state index < -0.39 is 0 Å². The Balaban J connectivity index is 2.00. The van der Waals surface area contributed by atoms with Gasteiger partial charge in [-0.25, -0.2) is 0 Å². The molecule has 19 heavy (non-hydrogen) atoms. The van der Waals surface area contributed by atoms with Crippen molar-refractivity contribution < 1.29 is 9.53 Å². The van der Waals surface area contributed by atoms with Crippen LogP contribution in [0.3, 0.4) is 0 Å². The highest BCUT2D eigenvalue weighted by Crippen LogP contribution is 2.42. The molecule has 0 saturated heterocycles. The second-order valence-electron chi connectivity index (χ2n) is 5.50. The van der Waals surface area contributed by atoms with Crippen molar-refractivity contribution in [1.82, 2.24) is 5.32 Å². The van der Waals surface area contributed by atoms with E-state index in [1.807, 2.05) is 6.07 Å². The topological polar surface area (TPSA) is 62.1 Å². The first-order valence-electron chi connectivity index (χ1n) is 6.33. The number of methoxy groups -OCH3 is 1. The average molecular weight is 258 g/mol. The predicted molar refractivity (Wildman–Crippen MR) is 71.6 cm³/mol. The van der Waals surface area contributed by atoms with Crippen molar-refractivity contribution in [3.8, 4) is 6.07 Å². The zero-order valence-corrected chi connectivity index (χ0v) is 11.4. The third-order valence-corrected chi connectivity index (χ3v) is 4.04. The highest BCUT2D eigenvalue weighted by atomic mass is 16.5. The first-order chi connectivity index (χ1) is 8.98. The minimum absolute atomic E-state index is 0.0446. The van der Waals surface area contributed by atoms with Gasteiger partial charge in [0.15, 0.2) is 0 Å². The largest absolute Gasteiger partial charge is 0.381 e. The van der Waals surface area contributed by atoms with E-state index in [4.69, 9.17) is 10.00 Å². The van der Waals surface area contributed by atoms with Crippen molar-refractivity contribution in [2.45, 2.75) is 32.4 Å². The SMILES string of the molecule is COC1CC(NC(=O)c2ccc(C#N)cc2)C1(C)C. The summed E-state index contributed by atoms with van der Waals surface area (Å²) in [6, 6.07) is 8.81. The molecule has 1 aromatic rings. The number of nitriles is 1. The van der Waals surface area contributed by atoms with E-state index in [1.165, 1.54) is 0 Å². The summed E-state index contributed by atoms with van der Waals surface area (Å²) in [6.07, 6.45) is 1.03. The summed E-state index contributed by atoms with van der Waals surface area (Å²) in [6.45, 7) is 4.18. The van der Waals surface area contributed by atoms with Gasteiger partial charge in [-0.05, 0) is 30.7 Å². The van der Waals surface area contributed by atoms with Gasteiger partial charge in [-0.2, -0.15) is 5.26 Å². The number of carbonyl (C=O) groups is 1. The highest BCUT2D eigenvalue weighted by molar-refractivity contribution is 5.94. The molecule has 0 aromatic heterocycles. The number of nitrogens with zero attached hydrogens (tertiary/aromatic N) is 1. The minimum atomic E-state index is -0.0999. The second kappa shape index (κ2) is 5.02. The Morgan fingerprint density at radius 2 is 2.05 bits per heavy atom. The number of benzene rings is 1. The fraction of sp³-hybridized carbons (Fsp3) is 0.467. The standard InChI is InChI=1S/C15H18N2O2/c1-15(2)12(8-13(15)19-3)17-14(18)11-6-4-10(9-16)5-7-11/h4-7,12-13H,8H2,1-3H3,(H,17,18). The van der Waals surface area contributed by atoms with Crippen LogP contribution < -0.4 is 5.32 Å². The maximum Gasteiger partial charge on any atom is 0.251 e. The van der Waals surface area contributed by atoms with Crippen LogP contribution in [0, 0.1) is 16.7 Å². The molecule has 4 nitrogen and oxygen atoms in total. The van der Waals surface area contributed by atoms with Gasteiger partial charge in [-0.1, -0.05) is 13.8 Å². The fourth-order valence-electron chi connectivity index (χ4n) is 2.47. The lowest BCUT2D eigenvalue weighted by molar-refractivity contribution is -0.0942. The number of carbonyl (C=O) groups excluding carboxylic acids is 1. The average Bonchev–Trinajstić information content (AvgIpc) is 2.42. The molecule has 0 heterocycles. The van der Waals surface area contributed by atoms with Crippen LogP contribution in [0.4, 0.5) is 0 Å². The molecule has 2 atom stereocenters. The maximum absolute atomic E-state index is 12.1. The van der Waals surface area contributed by atoms with Crippen LogP contribution in [-0.4, -0.2) is 25.2 Å². The molecule has 2 rings (SSSR count). The first kappa shape index (κ1) is 13.6. The van der Waals surface area contributed by atoms with Gasteiger partial charge in [-0.3, -0.25) is 4.79 Å². The third-order valence-electron chi connectivity index (χ3n) is 4.04. The van der Waals surface area contributed by atoms with Gasteiger partial charge in [0.05, 0.1) is 17.7 Å². The smallest absolute Gasteiger partial charge is 0.251 e. The van der Waals surface area contributed by atoms with E-state index in [9.17, 15) is 4.79 Å². The number of hydrogen-bond acceptors (Lipinski definition) is 3. The molecule has 1 N–H and O–H groups in total. The van der Waals surface area contributed by atoms with Crippen molar-refractivity contribution >= 4 is 5.91 Å². The van der Waals surface area contributed by atoms with E-state index in [-0.39, 0.29) is 23.5 Å². The lowest BCUT2D eigenvalue weighted by Gasteiger charge is -2.51. The van der Waals surface area contributed by atoms with Gasteiger partial charge in [0, 0.05) is 24.1 Å². The Hall–Kier alpha value is -1.86. The molecular formula is C15H18N2O2. The third kappa shape index (κ3) is 2.47. The molecule has 2 unspecified atom stereocenters. The second-order valence-corrected chi connectivity index (χ2v) is 5.50. The van der Waals surface area contributed by atoms with Gasteiger partial charge in [0.2, 0.25) is 0 Å². The molecule has 1 aromatic carbocycles. The summed E-state index contributed by atoms with van der Waals surface area (Å²) in [5.41, 5.74) is 1.09. The molecule has 1 saturated carbocycles. The van der Waals surface area contributed by atoms with Crippen LogP contribution >= 0.6 is 0 Å². The molecule has 1 aliphatic rings. The molecule has 1 fully saturated rings. The van der Waals surface area contributed by atoms with E-state index >= 15 is 0 Å². The van der Waals surface area contributed by atoms with Crippen molar-refractivity contribution in [1.29, 1.82) is 5.26 Å². The van der Waals surface area contributed by atoms with Gasteiger partial charge < -0.3 is 10.1 Å². The first-order valence-corrected chi connectivity index (χ1v) is 6.33. The van der Waals surface area contributed by atoms with E-state index in [0.717, 1.165) is 6.42 Å². The Morgan fingerprint density at radius 3 is 2.53 bits per heavy atom. The summed E-state index contributed by atoms with van der Waals surface area (Å²) in [5, 5.41) is 11.7. The number of rotatable bonds is 3. The van der Waals surface area contributed by atoms with Crippen molar-refractivity contribution in [2.24, 2.45) is 5.41 Å². The molecule has 0 bridgehead atoms. The van der Waals surface area contributed by atoms with Crippen LogP contribution in [0.2, 0.25) is 0 Å². The van der Waals surface area contributed by atoms with E-state index in [0.29, 0.717) is 11.1 Å². The highest BCUT2D eigenvalue weighted by Gasteiger charge is 2.49. The lowest BCUT2D eigenvalue weighted by Crippen LogP contribution is -2.61. The van der Waals surface area contributed by atoms with Crippen molar-refractivity contribution in [3.63, 3.8) is 0 Å². The molecular weight excluding hydrogens is 240 g/mol. The predicted octanol–water partition coefficient (Wildman–Crippen LogP) is 2.10. The normalized spacial score (nSPS) is 24.1. The summed E-state index contributed by atoms with van der Waals surface area (Å²) < 4.78 is 5.36. The van der Waals surface area contributed by atoms with Gasteiger partial charge >= 0.3 is 0 Å². The molecule has 4 heteroatoms. The van der Waals surface area contributed by atoms with Gasteiger partial charge in [0.25, 0.3) is 5.91 Å². The molecule has 0 aliphatic heterocycles. The zero-order valence-electron chi connectivity index (χ0n) is 11.4. The van der Waals surface area contributed by atoms with Crippen molar-refractivity contribution in [3.05, 3.63) is 35.4 Å². The van der Waals surface area contributed by atoms with Crippen LogP contribution in [0.15, 0.2) is 24.3 Å². The van der Waals surface area contributed by atoms with Crippen LogP contribution in [0.1, 0.15) is 36.2 Å². The number of amides is 1. The number of ether oxygens (including phenoxy) is 1. The van der Waals surface area contributed by atoms with Crippen molar-refractivity contribution in [2.75, 3.05) is 7.11 Å². The lowest BCUT2D eigenvalue weighted by atomic mass is 9.64. The van der Waals surface area contributed by atoms with E-state index in [2.05, 4.69) is 19.2 Å².